The van der Waals surface area contributed by atoms with Gasteiger partial charge in [-0.3, -0.25) is 4.79 Å². The topological polar surface area (TPSA) is 94.2 Å². The monoisotopic (exact) mass is 373 g/mol. The van der Waals surface area contributed by atoms with Crippen molar-refractivity contribution in [2.75, 3.05) is 20.2 Å². The number of amides is 1. The zero-order valence-electron chi connectivity index (χ0n) is 14.0. The van der Waals surface area contributed by atoms with Crippen molar-refractivity contribution in [1.82, 2.24) is 4.90 Å². The third-order valence-electron chi connectivity index (χ3n) is 3.98. The number of hydrogen-bond donors (Lipinski definition) is 1. The van der Waals surface area contributed by atoms with Gasteiger partial charge >= 0.3 is 18.1 Å². The van der Waals surface area contributed by atoms with Crippen LogP contribution in [-0.4, -0.2) is 49.0 Å². The van der Waals surface area contributed by atoms with E-state index in [1.807, 2.05) is 0 Å². The molecule has 26 heavy (non-hydrogen) atoms. The lowest BCUT2D eigenvalue weighted by molar-refractivity contribution is -0.187. The van der Waals surface area contributed by atoms with E-state index in [0.717, 1.165) is 0 Å². The Balaban J connectivity index is 1.87. The van der Waals surface area contributed by atoms with Crippen LogP contribution < -0.4 is 10.5 Å². The second kappa shape index (κ2) is 8.07. The van der Waals surface area contributed by atoms with E-state index in [2.05, 4.69) is 5.16 Å². The number of piperidine rings is 1. The van der Waals surface area contributed by atoms with Gasteiger partial charge in [0.15, 0.2) is 5.84 Å². The molecule has 1 amide bonds. The molecule has 7 nitrogen and oxygen atoms in total. The summed E-state index contributed by atoms with van der Waals surface area (Å²) >= 11 is 0. The van der Waals surface area contributed by atoms with Crippen LogP contribution in [-0.2, 0) is 14.4 Å². The number of halogens is 3. The maximum Gasteiger partial charge on any atom is 0.471 e. The predicted molar refractivity (Wildman–Crippen MR) is 85.2 cm³/mol. The number of hydrogen-bond acceptors (Lipinski definition) is 5. The van der Waals surface area contributed by atoms with Crippen molar-refractivity contribution in [3.8, 4) is 5.75 Å². The predicted octanol–water partition coefficient (Wildman–Crippen LogP) is 1.66. The molecule has 142 valence electrons. The third kappa shape index (κ3) is 4.87. The minimum atomic E-state index is -4.91. The molecule has 0 bridgehead atoms. The van der Waals surface area contributed by atoms with Gasteiger partial charge in [-0.2, -0.15) is 13.2 Å². The number of nitrogens with two attached hydrogens (primary N) is 1. The van der Waals surface area contributed by atoms with Gasteiger partial charge in [0.25, 0.3) is 0 Å². The number of benzene rings is 1. The van der Waals surface area contributed by atoms with Crippen LogP contribution in [0.15, 0.2) is 29.4 Å². The normalized spacial score (nSPS) is 16.3. The van der Waals surface area contributed by atoms with Crippen LogP contribution >= 0.6 is 0 Å². The fourth-order valence-electron chi connectivity index (χ4n) is 2.48. The molecule has 1 aliphatic heterocycles. The molecule has 1 saturated heterocycles. The number of likely N-dealkylation sites (tertiary alicyclic amines) is 1. The Morgan fingerprint density at radius 1 is 1.19 bits per heavy atom. The summed E-state index contributed by atoms with van der Waals surface area (Å²) in [7, 11) is 1.52. The van der Waals surface area contributed by atoms with Gasteiger partial charge in [0, 0.05) is 18.7 Å². The maximum absolute atomic E-state index is 12.4. The first-order valence-electron chi connectivity index (χ1n) is 7.77. The lowest BCUT2D eigenvalue weighted by atomic mass is 9.97. The van der Waals surface area contributed by atoms with Gasteiger partial charge in [0.1, 0.15) is 5.75 Å². The fourth-order valence-corrected chi connectivity index (χ4v) is 2.48. The molecule has 2 rings (SSSR count). The molecule has 0 radical (unpaired) electrons. The van der Waals surface area contributed by atoms with Crippen LogP contribution in [0.1, 0.15) is 18.4 Å². The average molecular weight is 373 g/mol. The highest BCUT2D eigenvalue weighted by atomic mass is 19.4. The Morgan fingerprint density at radius 3 is 2.27 bits per heavy atom. The minimum Gasteiger partial charge on any atom is -0.497 e. The van der Waals surface area contributed by atoms with Crippen molar-refractivity contribution in [2.24, 2.45) is 16.8 Å². The molecule has 2 N–H and O–H groups in total. The van der Waals surface area contributed by atoms with Gasteiger partial charge in [0.2, 0.25) is 0 Å². The van der Waals surface area contributed by atoms with E-state index in [9.17, 15) is 22.8 Å². The molecule has 0 spiro atoms. The van der Waals surface area contributed by atoms with E-state index in [1.54, 1.807) is 24.3 Å². The summed E-state index contributed by atoms with van der Waals surface area (Å²) in [5, 5.41) is 3.56. The Labute approximate surface area is 147 Å². The van der Waals surface area contributed by atoms with Crippen molar-refractivity contribution in [2.45, 2.75) is 19.0 Å². The molecule has 0 aliphatic carbocycles. The first kappa shape index (κ1) is 19.5. The van der Waals surface area contributed by atoms with Gasteiger partial charge in [0.05, 0.1) is 13.0 Å². The van der Waals surface area contributed by atoms with Crippen LogP contribution in [0.3, 0.4) is 0 Å². The lowest BCUT2D eigenvalue weighted by Crippen LogP contribution is -2.46. The molecule has 1 aromatic carbocycles. The number of alkyl halides is 3. The lowest BCUT2D eigenvalue weighted by Gasteiger charge is -2.30. The van der Waals surface area contributed by atoms with Crippen molar-refractivity contribution < 1.29 is 32.3 Å². The van der Waals surface area contributed by atoms with Gasteiger partial charge in [-0.25, -0.2) is 4.79 Å². The number of ether oxygens (including phenoxy) is 1. The van der Waals surface area contributed by atoms with E-state index in [4.69, 9.17) is 15.3 Å². The average Bonchev–Trinajstić information content (AvgIpc) is 2.64. The number of methoxy groups -OCH3 is 1. The van der Waals surface area contributed by atoms with Crippen molar-refractivity contribution in [1.29, 1.82) is 0 Å². The molecular formula is C16H18F3N3O4. The molecule has 0 unspecified atom stereocenters. The molecule has 0 aromatic heterocycles. The number of carbonyl (C=O) groups is 2. The molecule has 0 atom stereocenters. The summed E-state index contributed by atoms with van der Waals surface area (Å²) < 4.78 is 42.2. The Bertz CT molecular complexity index is 681. The number of rotatable bonds is 4. The van der Waals surface area contributed by atoms with Crippen LogP contribution in [0, 0.1) is 5.92 Å². The number of amidine groups is 1. The van der Waals surface area contributed by atoms with Crippen molar-refractivity contribution >= 4 is 17.7 Å². The molecular weight excluding hydrogens is 355 g/mol. The molecule has 0 saturated carbocycles. The highest BCUT2D eigenvalue weighted by Crippen LogP contribution is 2.24. The maximum atomic E-state index is 12.4. The van der Waals surface area contributed by atoms with E-state index >= 15 is 0 Å². The second-order valence-electron chi connectivity index (χ2n) is 5.68. The van der Waals surface area contributed by atoms with Gasteiger partial charge < -0.3 is 20.2 Å². The summed E-state index contributed by atoms with van der Waals surface area (Å²) in [6.45, 7) is -0.342. The van der Waals surface area contributed by atoms with Crippen LogP contribution in [0.4, 0.5) is 13.2 Å². The summed E-state index contributed by atoms with van der Waals surface area (Å²) in [4.78, 5) is 28.6. The van der Waals surface area contributed by atoms with Gasteiger partial charge in [-0.15, -0.1) is 0 Å². The summed E-state index contributed by atoms with van der Waals surface area (Å²) in [5.41, 5.74) is 6.25. The number of nitrogens with zero attached hydrogens (tertiary/aromatic N) is 2. The molecule has 1 fully saturated rings. The summed E-state index contributed by atoms with van der Waals surface area (Å²) in [6, 6.07) is 6.58. The highest BCUT2D eigenvalue weighted by molar-refractivity contribution is 5.97. The number of carbonyl (C=O) groups excluding carboxylic acids is 2. The van der Waals surface area contributed by atoms with Crippen LogP contribution in [0.25, 0.3) is 0 Å². The van der Waals surface area contributed by atoms with Crippen molar-refractivity contribution in [3.05, 3.63) is 29.8 Å². The molecule has 10 heteroatoms. The summed E-state index contributed by atoms with van der Waals surface area (Å²) in [5.74, 6) is -2.63. The minimum absolute atomic E-state index is 0.0225. The van der Waals surface area contributed by atoms with E-state index in [-0.39, 0.29) is 31.8 Å². The molecule has 1 aromatic rings. The molecule has 1 aliphatic rings. The Morgan fingerprint density at radius 2 is 1.77 bits per heavy atom. The Kier molecular flexibility index (Phi) is 6.06. The van der Waals surface area contributed by atoms with E-state index in [1.165, 1.54) is 7.11 Å². The number of oxime groups is 1. The smallest absolute Gasteiger partial charge is 0.471 e. The van der Waals surface area contributed by atoms with Gasteiger partial charge in [-0.1, -0.05) is 5.16 Å². The highest BCUT2D eigenvalue weighted by Gasteiger charge is 2.43. The first-order valence-corrected chi connectivity index (χ1v) is 7.77. The quantitative estimate of drug-likeness (QED) is 0.375. The molecule has 1 heterocycles. The van der Waals surface area contributed by atoms with E-state index in [0.29, 0.717) is 16.2 Å². The zero-order valence-corrected chi connectivity index (χ0v) is 14.0. The van der Waals surface area contributed by atoms with Gasteiger partial charge in [-0.05, 0) is 37.1 Å². The first-order chi connectivity index (χ1) is 12.2. The SMILES string of the molecule is COc1ccc(/C(N)=N/OC(=O)C2CCN(C(=O)C(F)(F)F)CC2)cc1. The Hall–Kier alpha value is -2.78. The van der Waals surface area contributed by atoms with Crippen LogP contribution in [0.2, 0.25) is 0 Å². The van der Waals surface area contributed by atoms with Crippen LogP contribution in [0.5, 0.6) is 5.75 Å². The summed E-state index contributed by atoms with van der Waals surface area (Å²) in [6.07, 6.45) is -4.78. The fraction of sp³-hybridized carbons (Fsp3) is 0.438. The van der Waals surface area contributed by atoms with Crippen molar-refractivity contribution in [3.63, 3.8) is 0 Å². The second-order valence-corrected chi connectivity index (χ2v) is 5.68. The third-order valence-corrected chi connectivity index (χ3v) is 3.98. The zero-order chi connectivity index (χ0) is 19.3. The standard InChI is InChI=1S/C16H18F3N3O4/c1-25-12-4-2-10(3-5-12)13(20)21-26-14(23)11-6-8-22(9-7-11)15(24)16(17,18)19/h2-5,11H,6-9H2,1H3,(H2,20,21). The van der Waals surface area contributed by atoms with E-state index < -0.39 is 24.0 Å². The largest absolute Gasteiger partial charge is 0.497 e.